The summed E-state index contributed by atoms with van der Waals surface area (Å²) in [6.07, 6.45) is 1.63. The van der Waals surface area contributed by atoms with Crippen molar-refractivity contribution in [1.82, 2.24) is 4.90 Å². The lowest BCUT2D eigenvalue weighted by Gasteiger charge is -2.35. The van der Waals surface area contributed by atoms with E-state index in [0.29, 0.717) is 11.0 Å². The lowest BCUT2D eigenvalue weighted by atomic mass is 10.0. The molecule has 0 N–H and O–H groups in total. The van der Waals surface area contributed by atoms with Gasteiger partial charge in [-0.2, -0.15) is 0 Å². The van der Waals surface area contributed by atoms with Crippen LogP contribution in [0.3, 0.4) is 0 Å². The first-order valence-electron chi connectivity index (χ1n) is 6.05. The van der Waals surface area contributed by atoms with Gasteiger partial charge in [-0.25, -0.2) is 0 Å². The summed E-state index contributed by atoms with van der Waals surface area (Å²) in [5, 5.41) is 10.8. The molecule has 20 heavy (non-hydrogen) atoms. The summed E-state index contributed by atoms with van der Waals surface area (Å²) in [5.41, 5.74) is -0.241. The van der Waals surface area contributed by atoms with E-state index in [1.54, 1.807) is 11.0 Å². The monoisotopic (exact) mass is 340 g/mol. The van der Waals surface area contributed by atoms with Gasteiger partial charge in [-0.05, 0) is 42.8 Å². The number of benzene rings is 1. The third-order valence-electron chi connectivity index (χ3n) is 2.76. The van der Waals surface area contributed by atoms with E-state index in [-0.39, 0.29) is 17.2 Å². The molecule has 1 aromatic carbocycles. The van der Waals surface area contributed by atoms with E-state index in [9.17, 15) is 14.9 Å². The Morgan fingerprint density at radius 2 is 2.10 bits per heavy atom. The average Bonchev–Trinajstić information content (AvgIpc) is 2.34. The zero-order valence-electron chi connectivity index (χ0n) is 11.7. The molecule has 1 amide bonds. The number of nitro benzene ring substituents is 1. The zero-order chi connectivity index (χ0) is 15.5. The third kappa shape index (κ3) is 3.66. The van der Waals surface area contributed by atoms with Crippen molar-refractivity contribution in [3.63, 3.8) is 0 Å². The highest BCUT2D eigenvalue weighted by atomic mass is 79.9. The number of rotatable bonds is 4. The quantitative estimate of drug-likeness (QED) is 0.476. The van der Waals surface area contributed by atoms with Crippen molar-refractivity contribution in [3.05, 3.63) is 51.0 Å². The summed E-state index contributed by atoms with van der Waals surface area (Å²) in [4.78, 5) is 24.5. The molecular formula is C14H17BrN2O3. The predicted octanol–water partition coefficient (Wildman–Crippen LogP) is 3.78. The smallest absolute Gasteiger partial charge is 0.270 e. The summed E-state index contributed by atoms with van der Waals surface area (Å²) in [6.45, 7) is 9.72. The summed E-state index contributed by atoms with van der Waals surface area (Å²) in [5.74, 6) is -0.270. The van der Waals surface area contributed by atoms with Gasteiger partial charge in [0, 0.05) is 28.7 Å². The highest BCUT2D eigenvalue weighted by molar-refractivity contribution is 9.10. The SMILES string of the molecule is C=CCN(C(=O)c1cc([N+](=O)[O-])ccc1Br)C(C)(C)C. The van der Waals surface area contributed by atoms with Crippen LogP contribution in [-0.2, 0) is 0 Å². The number of carbonyl (C=O) groups excluding carboxylic acids is 1. The van der Waals surface area contributed by atoms with Gasteiger partial charge in [0.15, 0.2) is 0 Å². The molecular weight excluding hydrogens is 324 g/mol. The number of amides is 1. The first kappa shape index (κ1) is 16.4. The molecule has 108 valence electrons. The first-order chi connectivity index (χ1) is 9.18. The van der Waals surface area contributed by atoms with Crippen molar-refractivity contribution in [2.75, 3.05) is 6.54 Å². The molecule has 0 aromatic heterocycles. The van der Waals surface area contributed by atoms with Gasteiger partial charge in [0.1, 0.15) is 0 Å². The van der Waals surface area contributed by atoms with Crippen molar-refractivity contribution in [2.24, 2.45) is 0 Å². The highest BCUT2D eigenvalue weighted by Gasteiger charge is 2.28. The Morgan fingerprint density at radius 1 is 1.50 bits per heavy atom. The molecule has 0 aliphatic heterocycles. The van der Waals surface area contributed by atoms with E-state index in [1.165, 1.54) is 18.2 Å². The van der Waals surface area contributed by atoms with E-state index in [0.717, 1.165) is 0 Å². The molecule has 0 saturated heterocycles. The van der Waals surface area contributed by atoms with E-state index in [1.807, 2.05) is 20.8 Å². The number of nitro groups is 1. The van der Waals surface area contributed by atoms with Crippen LogP contribution in [0, 0.1) is 10.1 Å². The zero-order valence-corrected chi connectivity index (χ0v) is 13.3. The van der Waals surface area contributed by atoms with Crippen LogP contribution in [0.4, 0.5) is 5.69 Å². The maximum atomic E-state index is 12.6. The average molecular weight is 341 g/mol. The Hall–Kier alpha value is -1.69. The normalized spacial score (nSPS) is 11.0. The number of nitrogens with zero attached hydrogens (tertiary/aromatic N) is 2. The van der Waals surface area contributed by atoms with Crippen LogP contribution in [0.15, 0.2) is 35.3 Å². The molecule has 1 aromatic rings. The Balaban J connectivity index is 3.27. The molecule has 5 nitrogen and oxygen atoms in total. The van der Waals surface area contributed by atoms with Crippen molar-refractivity contribution in [1.29, 1.82) is 0 Å². The molecule has 0 bridgehead atoms. The van der Waals surface area contributed by atoms with Gasteiger partial charge in [0.2, 0.25) is 0 Å². The molecule has 0 aliphatic rings. The van der Waals surface area contributed by atoms with E-state index in [2.05, 4.69) is 22.5 Å². The lowest BCUT2D eigenvalue weighted by Crippen LogP contribution is -2.45. The molecule has 6 heteroatoms. The maximum Gasteiger partial charge on any atom is 0.270 e. The molecule has 0 heterocycles. The summed E-state index contributed by atoms with van der Waals surface area (Å²) >= 11 is 3.27. The number of halogens is 1. The van der Waals surface area contributed by atoms with Crippen LogP contribution < -0.4 is 0 Å². The van der Waals surface area contributed by atoms with Crippen LogP contribution in [-0.4, -0.2) is 27.8 Å². The van der Waals surface area contributed by atoms with Crippen LogP contribution >= 0.6 is 15.9 Å². The summed E-state index contributed by atoms with van der Waals surface area (Å²) in [7, 11) is 0. The fourth-order valence-electron chi connectivity index (χ4n) is 1.73. The van der Waals surface area contributed by atoms with Crippen LogP contribution in [0.2, 0.25) is 0 Å². The van der Waals surface area contributed by atoms with Gasteiger partial charge < -0.3 is 4.90 Å². The topological polar surface area (TPSA) is 63.5 Å². The van der Waals surface area contributed by atoms with Gasteiger partial charge in [0.25, 0.3) is 11.6 Å². The van der Waals surface area contributed by atoms with Crippen molar-refractivity contribution in [2.45, 2.75) is 26.3 Å². The molecule has 0 fully saturated rings. The van der Waals surface area contributed by atoms with Gasteiger partial charge in [0.05, 0.1) is 10.5 Å². The minimum Gasteiger partial charge on any atom is -0.330 e. The second kappa shape index (κ2) is 6.17. The molecule has 0 unspecified atom stereocenters. The minimum absolute atomic E-state index is 0.107. The predicted molar refractivity (Wildman–Crippen MR) is 81.8 cm³/mol. The Bertz CT molecular complexity index is 550. The Morgan fingerprint density at radius 3 is 2.55 bits per heavy atom. The largest absolute Gasteiger partial charge is 0.330 e. The van der Waals surface area contributed by atoms with E-state index in [4.69, 9.17) is 0 Å². The van der Waals surface area contributed by atoms with Crippen molar-refractivity contribution < 1.29 is 9.72 Å². The van der Waals surface area contributed by atoms with Crippen molar-refractivity contribution in [3.8, 4) is 0 Å². The first-order valence-corrected chi connectivity index (χ1v) is 6.84. The molecule has 0 saturated carbocycles. The van der Waals surface area contributed by atoms with Gasteiger partial charge >= 0.3 is 0 Å². The molecule has 0 atom stereocenters. The number of hydrogen-bond donors (Lipinski definition) is 0. The summed E-state index contributed by atoms with van der Waals surface area (Å²) < 4.78 is 0.534. The lowest BCUT2D eigenvalue weighted by molar-refractivity contribution is -0.384. The standard InChI is InChI=1S/C14H17BrN2O3/c1-5-8-16(14(2,3)4)13(18)11-9-10(17(19)20)6-7-12(11)15/h5-7,9H,1,8H2,2-4H3. The summed E-state index contributed by atoms with van der Waals surface area (Å²) in [6, 6.07) is 4.16. The van der Waals surface area contributed by atoms with Gasteiger partial charge in [-0.3, -0.25) is 14.9 Å². The second-order valence-corrected chi connectivity index (χ2v) is 6.15. The van der Waals surface area contributed by atoms with Crippen LogP contribution in [0.5, 0.6) is 0 Å². The second-order valence-electron chi connectivity index (χ2n) is 5.30. The fourth-order valence-corrected chi connectivity index (χ4v) is 2.14. The van der Waals surface area contributed by atoms with Gasteiger partial charge in [-0.15, -0.1) is 6.58 Å². The van der Waals surface area contributed by atoms with Crippen LogP contribution in [0.25, 0.3) is 0 Å². The minimum atomic E-state index is -0.516. The molecule has 0 aliphatic carbocycles. The van der Waals surface area contributed by atoms with Crippen LogP contribution in [0.1, 0.15) is 31.1 Å². The van der Waals surface area contributed by atoms with E-state index >= 15 is 0 Å². The molecule has 1 rings (SSSR count). The molecule has 0 radical (unpaired) electrons. The number of carbonyl (C=O) groups is 1. The molecule has 0 spiro atoms. The third-order valence-corrected chi connectivity index (χ3v) is 3.45. The van der Waals surface area contributed by atoms with Crippen molar-refractivity contribution >= 4 is 27.5 Å². The number of non-ortho nitro benzene ring substituents is 1. The van der Waals surface area contributed by atoms with Gasteiger partial charge in [-0.1, -0.05) is 6.08 Å². The number of hydrogen-bond acceptors (Lipinski definition) is 3. The Labute approximate surface area is 126 Å². The maximum absolute atomic E-state index is 12.6. The fraction of sp³-hybridized carbons (Fsp3) is 0.357. The van der Waals surface area contributed by atoms with E-state index < -0.39 is 10.5 Å². The Kier molecular flexibility index (Phi) is 5.05. The highest BCUT2D eigenvalue weighted by Crippen LogP contribution is 2.26.